The quantitative estimate of drug-likeness (QED) is 0.420. The first-order valence-electron chi connectivity index (χ1n) is 10.4. The van der Waals surface area contributed by atoms with Crippen LogP contribution in [0.3, 0.4) is 0 Å². The van der Waals surface area contributed by atoms with Crippen LogP contribution in [-0.2, 0) is 14.9 Å². The molecule has 1 saturated carbocycles. The molecule has 0 aliphatic heterocycles. The Morgan fingerprint density at radius 2 is 1.72 bits per heavy atom. The highest BCUT2D eigenvalue weighted by Crippen LogP contribution is 2.41. The van der Waals surface area contributed by atoms with Crippen molar-refractivity contribution in [3.05, 3.63) is 71.9 Å². The van der Waals surface area contributed by atoms with Crippen LogP contribution in [0.1, 0.15) is 43.2 Å². The third kappa shape index (κ3) is 3.98. The number of rotatable bonds is 6. The predicted molar refractivity (Wildman–Crippen MR) is 114 cm³/mol. The number of fused-ring (bicyclic) bond motifs is 1. The molecule has 29 heavy (non-hydrogen) atoms. The molecule has 4 nitrogen and oxygen atoms in total. The maximum Gasteiger partial charge on any atom is 0.316 e. The molecule has 4 rings (SSSR count). The van der Waals surface area contributed by atoms with Crippen LogP contribution in [0.2, 0.25) is 0 Å². The topological polar surface area (TPSA) is 48.4 Å². The fraction of sp³-hybridized carbons (Fsp3) is 0.360. The van der Waals surface area contributed by atoms with E-state index in [1.807, 2.05) is 42.5 Å². The van der Waals surface area contributed by atoms with Crippen LogP contribution in [0.15, 0.2) is 60.8 Å². The van der Waals surface area contributed by atoms with Gasteiger partial charge in [-0.3, -0.25) is 9.78 Å². The van der Waals surface area contributed by atoms with Crippen molar-refractivity contribution in [2.24, 2.45) is 0 Å². The molecule has 1 aliphatic rings. The summed E-state index contributed by atoms with van der Waals surface area (Å²) in [5, 5.41) is 0.963. The summed E-state index contributed by atoms with van der Waals surface area (Å²) in [5.41, 5.74) is 2.65. The maximum absolute atomic E-state index is 13.2. The van der Waals surface area contributed by atoms with E-state index >= 15 is 0 Å². The van der Waals surface area contributed by atoms with E-state index in [9.17, 15) is 4.79 Å². The standard InChI is InChI=1S/C25H27NO3/c1-19-9-3-5-11-21(19)25(14-7-2-8-15-25)24(27)29-18-17-28-23-13-16-26-22-12-6-4-10-20(22)23/h3-6,9-13,16H,2,7-8,14-15,17-18H2,1H3. The van der Waals surface area contributed by atoms with Crippen molar-refractivity contribution in [3.63, 3.8) is 0 Å². The molecule has 1 aromatic heterocycles. The highest BCUT2D eigenvalue weighted by molar-refractivity contribution is 5.85. The Morgan fingerprint density at radius 1 is 0.966 bits per heavy atom. The number of para-hydroxylation sites is 1. The number of carbonyl (C=O) groups excluding carboxylic acids is 1. The second-order valence-corrected chi connectivity index (χ2v) is 7.77. The molecule has 3 aromatic rings. The molecule has 4 heteroatoms. The largest absolute Gasteiger partial charge is 0.489 e. The highest BCUT2D eigenvalue weighted by Gasteiger charge is 2.43. The van der Waals surface area contributed by atoms with Gasteiger partial charge >= 0.3 is 5.97 Å². The van der Waals surface area contributed by atoms with E-state index in [1.54, 1.807) is 6.20 Å². The van der Waals surface area contributed by atoms with E-state index < -0.39 is 5.41 Å². The Hall–Kier alpha value is -2.88. The van der Waals surface area contributed by atoms with Crippen molar-refractivity contribution in [3.8, 4) is 5.75 Å². The van der Waals surface area contributed by atoms with Crippen LogP contribution in [0.4, 0.5) is 0 Å². The van der Waals surface area contributed by atoms with Crippen LogP contribution in [-0.4, -0.2) is 24.2 Å². The number of aromatic nitrogens is 1. The van der Waals surface area contributed by atoms with Crippen molar-refractivity contribution in [2.75, 3.05) is 13.2 Å². The molecule has 0 amide bonds. The zero-order chi connectivity index (χ0) is 20.1. The zero-order valence-electron chi connectivity index (χ0n) is 16.9. The van der Waals surface area contributed by atoms with Crippen molar-refractivity contribution < 1.29 is 14.3 Å². The molecule has 0 radical (unpaired) electrons. The summed E-state index contributed by atoms with van der Waals surface area (Å²) in [7, 11) is 0. The molecular formula is C25H27NO3. The van der Waals surface area contributed by atoms with Crippen molar-refractivity contribution >= 4 is 16.9 Å². The molecule has 1 heterocycles. The van der Waals surface area contributed by atoms with Crippen molar-refractivity contribution in [1.29, 1.82) is 0 Å². The average Bonchev–Trinajstić information content (AvgIpc) is 2.77. The summed E-state index contributed by atoms with van der Waals surface area (Å²) in [4.78, 5) is 17.6. The number of carbonyl (C=O) groups is 1. The van der Waals surface area contributed by atoms with Crippen molar-refractivity contribution in [2.45, 2.75) is 44.4 Å². The SMILES string of the molecule is Cc1ccccc1C1(C(=O)OCCOc2ccnc3ccccc23)CCCCC1. The van der Waals surface area contributed by atoms with E-state index in [4.69, 9.17) is 9.47 Å². The van der Waals surface area contributed by atoms with Crippen LogP contribution in [0.5, 0.6) is 5.75 Å². The van der Waals surface area contributed by atoms with Gasteiger partial charge in [0.05, 0.1) is 10.9 Å². The normalized spacial score (nSPS) is 15.8. The molecular weight excluding hydrogens is 362 g/mol. The molecule has 150 valence electrons. The van der Waals surface area contributed by atoms with Crippen LogP contribution < -0.4 is 4.74 Å². The van der Waals surface area contributed by atoms with Gasteiger partial charge in [0.15, 0.2) is 0 Å². The molecule has 0 spiro atoms. The number of hydrogen-bond donors (Lipinski definition) is 0. The number of esters is 1. The monoisotopic (exact) mass is 389 g/mol. The molecule has 0 N–H and O–H groups in total. The van der Waals surface area contributed by atoms with E-state index in [-0.39, 0.29) is 12.6 Å². The Kier molecular flexibility index (Phi) is 5.79. The Bertz CT molecular complexity index is 987. The first-order valence-corrected chi connectivity index (χ1v) is 10.4. The van der Waals surface area contributed by atoms with Gasteiger partial charge in [0.1, 0.15) is 19.0 Å². The molecule has 1 fully saturated rings. The number of benzene rings is 2. The fourth-order valence-electron chi connectivity index (χ4n) is 4.47. The van der Waals surface area contributed by atoms with Gasteiger partial charge in [-0.25, -0.2) is 0 Å². The number of aryl methyl sites for hydroxylation is 1. The minimum Gasteiger partial charge on any atom is -0.489 e. The third-order valence-corrected chi connectivity index (χ3v) is 5.94. The average molecular weight is 389 g/mol. The lowest BCUT2D eigenvalue weighted by molar-refractivity contribution is -0.153. The van der Waals surface area contributed by atoms with Gasteiger partial charge in [0.2, 0.25) is 0 Å². The molecule has 1 aliphatic carbocycles. The number of ether oxygens (including phenoxy) is 2. The minimum absolute atomic E-state index is 0.116. The summed E-state index contributed by atoms with van der Waals surface area (Å²) in [6, 6.07) is 17.9. The smallest absolute Gasteiger partial charge is 0.316 e. The lowest BCUT2D eigenvalue weighted by Crippen LogP contribution is -2.40. The Morgan fingerprint density at radius 3 is 2.55 bits per heavy atom. The summed E-state index contributed by atoms with van der Waals surface area (Å²) in [6.45, 7) is 2.64. The van der Waals surface area contributed by atoms with Gasteiger partial charge < -0.3 is 9.47 Å². The van der Waals surface area contributed by atoms with Gasteiger partial charge in [-0.15, -0.1) is 0 Å². The van der Waals surface area contributed by atoms with E-state index in [0.717, 1.165) is 53.5 Å². The lowest BCUT2D eigenvalue weighted by atomic mass is 9.68. The van der Waals surface area contributed by atoms with E-state index in [2.05, 4.69) is 24.0 Å². The summed E-state index contributed by atoms with van der Waals surface area (Å²) in [6.07, 6.45) is 6.74. The van der Waals surface area contributed by atoms with E-state index in [1.165, 1.54) is 6.42 Å². The number of pyridine rings is 1. The Labute approximate surface area is 171 Å². The number of nitrogens with zero attached hydrogens (tertiary/aromatic N) is 1. The first kappa shape index (κ1) is 19.4. The fourth-order valence-corrected chi connectivity index (χ4v) is 4.47. The lowest BCUT2D eigenvalue weighted by Gasteiger charge is -2.36. The molecule has 0 unspecified atom stereocenters. The van der Waals surface area contributed by atoms with Crippen molar-refractivity contribution in [1.82, 2.24) is 4.98 Å². The van der Waals surface area contributed by atoms with E-state index in [0.29, 0.717) is 6.61 Å². The summed E-state index contributed by atoms with van der Waals surface area (Å²) >= 11 is 0. The maximum atomic E-state index is 13.2. The first-order chi connectivity index (χ1) is 14.2. The molecule has 0 atom stereocenters. The van der Waals surface area contributed by atoms with Gasteiger partial charge in [0, 0.05) is 11.6 Å². The molecule has 2 aromatic carbocycles. The third-order valence-electron chi connectivity index (χ3n) is 5.94. The number of hydrogen-bond acceptors (Lipinski definition) is 4. The van der Waals surface area contributed by atoms with Crippen LogP contribution in [0.25, 0.3) is 10.9 Å². The zero-order valence-corrected chi connectivity index (χ0v) is 16.9. The Balaban J connectivity index is 1.43. The van der Waals surface area contributed by atoms with Gasteiger partial charge in [-0.05, 0) is 49.1 Å². The van der Waals surface area contributed by atoms with Gasteiger partial charge in [-0.1, -0.05) is 55.7 Å². The second-order valence-electron chi connectivity index (χ2n) is 7.77. The van der Waals surface area contributed by atoms with Crippen LogP contribution in [0, 0.1) is 6.92 Å². The second kappa shape index (κ2) is 8.64. The summed E-state index contributed by atoms with van der Waals surface area (Å²) in [5.74, 6) is 0.646. The molecule has 0 bridgehead atoms. The predicted octanol–water partition coefficient (Wildman–Crippen LogP) is 5.37. The molecule has 0 saturated heterocycles. The van der Waals surface area contributed by atoms with Gasteiger partial charge in [-0.2, -0.15) is 0 Å². The van der Waals surface area contributed by atoms with Gasteiger partial charge in [0.25, 0.3) is 0 Å². The summed E-state index contributed by atoms with van der Waals surface area (Å²) < 4.78 is 11.7. The highest BCUT2D eigenvalue weighted by atomic mass is 16.6. The minimum atomic E-state index is -0.521. The van der Waals surface area contributed by atoms with Crippen LogP contribution >= 0.6 is 0 Å².